The minimum atomic E-state index is 0.459. The highest BCUT2D eigenvalue weighted by atomic mass is 16.5. The van der Waals surface area contributed by atoms with Crippen molar-refractivity contribution in [1.29, 1.82) is 0 Å². The number of anilines is 1. The van der Waals surface area contributed by atoms with Gasteiger partial charge in [0.15, 0.2) is 0 Å². The molecule has 90 valence electrons. The van der Waals surface area contributed by atoms with Gasteiger partial charge in [-0.05, 0) is 19.3 Å². The molecule has 1 aliphatic rings. The lowest BCUT2D eigenvalue weighted by Crippen LogP contribution is -2.22. The fraction of sp³-hybridized carbons (Fsp3) is 0.750. The highest BCUT2D eigenvalue weighted by Crippen LogP contribution is 2.22. The molecule has 1 aliphatic heterocycles. The van der Waals surface area contributed by atoms with Crippen LogP contribution in [0.25, 0.3) is 0 Å². The summed E-state index contributed by atoms with van der Waals surface area (Å²) < 4.78 is 7.73. The van der Waals surface area contributed by atoms with Crippen LogP contribution in [0.4, 0.5) is 5.95 Å². The van der Waals surface area contributed by atoms with Crippen molar-refractivity contribution in [3.63, 3.8) is 0 Å². The fourth-order valence-electron chi connectivity index (χ4n) is 2.06. The summed E-state index contributed by atoms with van der Waals surface area (Å²) in [6.07, 6.45) is 8.65. The van der Waals surface area contributed by atoms with E-state index in [2.05, 4.69) is 21.8 Å². The molecule has 16 heavy (non-hydrogen) atoms. The molecular weight excluding hydrogens is 202 g/mol. The third kappa shape index (κ3) is 2.76. The van der Waals surface area contributed by atoms with Crippen molar-refractivity contribution in [1.82, 2.24) is 9.55 Å². The lowest BCUT2D eigenvalue weighted by molar-refractivity contribution is 0.0598. The van der Waals surface area contributed by atoms with Crippen LogP contribution in [0, 0.1) is 0 Å². The Morgan fingerprint density at radius 1 is 1.62 bits per heavy atom. The van der Waals surface area contributed by atoms with E-state index >= 15 is 0 Å². The second-order valence-corrected chi connectivity index (χ2v) is 4.31. The van der Waals surface area contributed by atoms with Crippen molar-refractivity contribution in [2.75, 3.05) is 25.1 Å². The summed E-state index contributed by atoms with van der Waals surface area (Å²) in [5, 5.41) is 3.39. The predicted molar refractivity (Wildman–Crippen MR) is 64.7 cm³/mol. The number of hydrogen-bond donors (Lipinski definition) is 1. The monoisotopic (exact) mass is 223 g/mol. The zero-order chi connectivity index (χ0) is 11.2. The first kappa shape index (κ1) is 11.5. The van der Waals surface area contributed by atoms with Crippen LogP contribution in [0.15, 0.2) is 12.4 Å². The van der Waals surface area contributed by atoms with Gasteiger partial charge in [0.25, 0.3) is 0 Å². The van der Waals surface area contributed by atoms with Gasteiger partial charge in [-0.15, -0.1) is 0 Å². The van der Waals surface area contributed by atoms with Crippen LogP contribution < -0.4 is 5.32 Å². The molecule has 1 atom stereocenters. The maximum atomic E-state index is 5.51. The zero-order valence-corrected chi connectivity index (χ0v) is 9.98. The minimum Gasteiger partial charge on any atom is -0.379 e. The van der Waals surface area contributed by atoms with Crippen LogP contribution in [0.5, 0.6) is 0 Å². The van der Waals surface area contributed by atoms with Gasteiger partial charge in [-0.1, -0.05) is 13.3 Å². The lowest BCUT2D eigenvalue weighted by atomic mass is 10.1. The Bertz CT molecular complexity index is 305. The minimum absolute atomic E-state index is 0.459. The molecule has 1 saturated heterocycles. The maximum Gasteiger partial charge on any atom is 0.203 e. The van der Waals surface area contributed by atoms with Crippen molar-refractivity contribution in [3.05, 3.63) is 12.4 Å². The molecule has 1 unspecified atom stereocenters. The summed E-state index contributed by atoms with van der Waals surface area (Å²) >= 11 is 0. The van der Waals surface area contributed by atoms with Crippen LogP contribution in [0.3, 0.4) is 0 Å². The van der Waals surface area contributed by atoms with Gasteiger partial charge < -0.3 is 14.6 Å². The first-order chi connectivity index (χ1) is 7.92. The van der Waals surface area contributed by atoms with Gasteiger partial charge in [-0.2, -0.15) is 0 Å². The number of imidazole rings is 1. The van der Waals surface area contributed by atoms with Gasteiger partial charge in [-0.3, -0.25) is 0 Å². The first-order valence-electron chi connectivity index (χ1n) is 6.26. The molecule has 0 aliphatic carbocycles. The molecule has 1 aromatic rings. The van der Waals surface area contributed by atoms with Crippen LogP contribution in [-0.4, -0.2) is 29.3 Å². The van der Waals surface area contributed by atoms with E-state index in [1.807, 2.05) is 12.4 Å². The molecule has 0 amide bonds. The molecule has 2 rings (SSSR count). The van der Waals surface area contributed by atoms with Crippen molar-refractivity contribution in [3.8, 4) is 0 Å². The first-order valence-corrected chi connectivity index (χ1v) is 6.26. The number of nitrogens with zero attached hydrogens (tertiary/aromatic N) is 2. The van der Waals surface area contributed by atoms with Crippen LogP contribution >= 0.6 is 0 Å². The average molecular weight is 223 g/mol. The largest absolute Gasteiger partial charge is 0.379 e. The molecule has 0 aromatic carbocycles. The number of nitrogens with one attached hydrogen (secondary N) is 1. The lowest BCUT2D eigenvalue weighted by Gasteiger charge is -2.25. The topological polar surface area (TPSA) is 39.1 Å². The highest BCUT2D eigenvalue weighted by molar-refractivity contribution is 5.26. The molecule has 0 radical (unpaired) electrons. The van der Waals surface area contributed by atoms with Gasteiger partial charge in [0.2, 0.25) is 5.95 Å². The number of unbranched alkanes of at least 4 members (excludes halogenated alkanes) is 1. The molecule has 4 nitrogen and oxygen atoms in total. The Hall–Kier alpha value is -1.03. The van der Waals surface area contributed by atoms with E-state index in [-0.39, 0.29) is 0 Å². The van der Waals surface area contributed by atoms with Crippen molar-refractivity contribution < 1.29 is 4.74 Å². The third-order valence-corrected chi connectivity index (χ3v) is 3.01. The summed E-state index contributed by atoms with van der Waals surface area (Å²) in [4.78, 5) is 4.36. The van der Waals surface area contributed by atoms with Crippen molar-refractivity contribution >= 4 is 5.95 Å². The number of aromatic nitrogens is 2. The van der Waals surface area contributed by atoms with E-state index in [4.69, 9.17) is 4.74 Å². The van der Waals surface area contributed by atoms with E-state index in [1.54, 1.807) is 0 Å². The van der Waals surface area contributed by atoms with E-state index in [0.29, 0.717) is 6.04 Å². The normalized spacial score (nSPS) is 20.9. The second kappa shape index (κ2) is 5.89. The Morgan fingerprint density at radius 2 is 2.56 bits per heavy atom. The number of rotatable bonds is 5. The van der Waals surface area contributed by atoms with E-state index in [9.17, 15) is 0 Å². The van der Waals surface area contributed by atoms with E-state index in [0.717, 1.165) is 32.1 Å². The van der Waals surface area contributed by atoms with Crippen molar-refractivity contribution in [2.24, 2.45) is 0 Å². The molecular formula is C12H21N3O. The second-order valence-electron chi connectivity index (χ2n) is 4.31. The summed E-state index contributed by atoms with van der Waals surface area (Å²) in [6.45, 7) is 4.92. The fourth-order valence-corrected chi connectivity index (χ4v) is 2.06. The molecule has 1 fully saturated rings. The Kier molecular flexibility index (Phi) is 4.22. The maximum absolute atomic E-state index is 5.51. The smallest absolute Gasteiger partial charge is 0.203 e. The number of hydrogen-bond acceptors (Lipinski definition) is 3. The van der Waals surface area contributed by atoms with Gasteiger partial charge >= 0.3 is 0 Å². The molecule has 1 N–H and O–H groups in total. The standard InChI is InChI=1S/C12H21N3O/c1-2-3-6-13-12-14-7-8-15(12)11-5-4-9-16-10-11/h7-8,11H,2-6,9-10H2,1H3,(H,13,14). The molecule has 1 aromatic heterocycles. The molecule has 0 spiro atoms. The van der Waals surface area contributed by atoms with Crippen LogP contribution in [0.2, 0.25) is 0 Å². The Morgan fingerprint density at radius 3 is 3.31 bits per heavy atom. The summed E-state index contributed by atoms with van der Waals surface area (Å²) in [5.74, 6) is 0.990. The molecule has 2 heterocycles. The average Bonchev–Trinajstić information content (AvgIpc) is 2.79. The highest BCUT2D eigenvalue weighted by Gasteiger charge is 2.17. The SMILES string of the molecule is CCCCNc1nccn1C1CCCOC1. The molecule has 0 bridgehead atoms. The zero-order valence-electron chi connectivity index (χ0n) is 9.98. The van der Waals surface area contributed by atoms with Crippen LogP contribution in [-0.2, 0) is 4.74 Å². The summed E-state index contributed by atoms with van der Waals surface area (Å²) in [7, 11) is 0. The van der Waals surface area contributed by atoms with Gasteiger partial charge in [0, 0.05) is 25.5 Å². The summed E-state index contributed by atoms with van der Waals surface area (Å²) in [5.41, 5.74) is 0. The Labute approximate surface area is 97.0 Å². The molecule has 0 saturated carbocycles. The number of ether oxygens (including phenoxy) is 1. The third-order valence-electron chi connectivity index (χ3n) is 3.01. The predicted octanol–water partition coefficient (Wildman–Crippen LogP) is 2.45. The van der Waals surface area contributed by atoms with E-state index < -0.39 is 0 Å². The van der Waals surface area contributed by atoms with Gasteiger partial charge in [0.1, 0.15) is 0 Å². The van der Waals surface area contributed by atoms with Crippen LogP contribution in [0.1, 0.15) is 38.6 Å². The van der Waals surface area contributed by atoms with Gasteiger partial charge in [-0.25, -0.2) is 4.98 Å². The quantitative estimate of drug-likeness (QED) is 0.779. The van der Waals surface area contributed by atoms with E-state index in [1.165, 1.54) is 19.3 Å². The van der Waals surface area contributed by atoms with Gasteiger partial charge in [0.05, 0.1) is 12.6 Å². The van der Waals surface area contributed by atoms with Crippen molar-refractivity contribution in [2.45, 2.75) is 38.6 Å². The Balaban J connectivity index is 1.94. The summed E-state index contributed by atoms with van der Waals surface area (Å²) in [6, 6.07) is 0.459. The molecule has 4 heteroatoms.